The zero-order valence-electron chi connectivity index (χ0n) is 12.7. The van der Waals surface area contributed by atoms with Gasteiger partial charge in [-0.2, -0.15) is 0 Å². The Labute approximate surface area is 129 Å². The molecule has 1 aliphatic heterocycles. The van der Waals surface area contributed by atoms with Gasteiger partial charge in [-0.15, -0.1) is 0 Å². The quantitative estimate of drug-likeness (QED) is 0.864. The highest BCUT2D eigenvalue weighted by Gasteiger charge is 2.22. The summed E-state index contributed by atoms with van der Waals surface area (Å²) in [5, 5.41) is 3.82. The van der Waals surface area contributed by atoms with E-state index in [1.165, 1.54) is 5.56 Å². The van der Waals surface area contributed by atoms with E-state index in [9.17, 15) is 4.79 Å². The number of carbonyl (C=O) groups excluding carboxylic acids is 1. The van der Waals surface area contributed by atoms with Crippen molar-refractivity contribution < 1.29 is 9.32 Å². The first kappa shape index (κ1) is 14.7. The van der Waals surface area contributed by atoms with Crippen molar-refractivity contribution in [1.29, 1.82) is 0 Å². The molecule has 1 amide bonds. The molecule has 3 rings (SSSR count). The second kappa shape index (κ2) is 6.70. The lowest BCUT2D eigenvalue weighted by Crippen LogP contribution is -2.35. The van der Waals surface area contributed by atoms with Gasteiger partial charge in [0.05, 0.1) is 0 Å². The molecule has 0 unspecified atom stereocenters. The third-order valence-electron chi connectivity index (χ3n) is 3.88. The molecule has 0 spiro atoms. The predicted octanol–water partition coefficient (Wildman–Crippen LogP) is 1.73. The molecule has 6 heteroatoms. The summed E-state index contributed by atoms with van der Waals surface area (Å²) in [7, 11) is 0. The average Bonchev–Trinajstić information content (AvgIpc) is 2.83. The number of hydrogen-bond acceptors (Lipinski definition) is 5. The molecule has 0 aromatic carbocycles. The fourth-order valence-corrected chi connectivity index (χ4v) is 2.71. The van der Waals surface area contributed by atoms with Gasteiger partial charge in [0.2, 0.25) is 0 Å². The number of amides is 1. The minimum absolute atomic E-state index is 0.0392. The van der Waals surface area contributed by atoms with E-state index >= 15 is 0 Å². The molecule has 2 aromatic heterocycles. The number of hydrogen-bond donors (Lipinski definition) is 0. The van der Waals surface area contributed by atoms with Gasteiger partial charge in [-0.05, 0) is 31.0 Å². The van der Waals surface area contributed by atoms with Crippen molar-refractivity contribution in [3.05, 3.63) is 47.6 Å². The molecule has 0 bridgehead atoms. The van der Waals surface area contributed by atoms with Gasteiger partial charge in [0.1, 0.15) is 5.76 Å². The van der Waals surface area contributed by atoms with Gasteiger partial charge in [-0.25, -0.2) is 0 Å². The van der Waals surface area contributed by atoms with Gasteiger partial charge in [0.25, 0.3) is 5.91 Å². The highest BCUT2D eigenvalue weighted by atomic mass is 16.5. The van der Waals surface area contributed by atoms with Crippen LogP contribution in [0.5, 0.6) is 0 Å². The molecule has 3 heterocycles. The maximum atomic E-state index is 12.4. The molecule has 0 N–H and O–H groups in total. The molecule has 0 aliphatic carbocycles. The number of aryl methyl sites for hydroxylation is 1. The zero-order chi connectivity index (χ0) is 15.4. The summed E-state index contributed by atoms with van der Waals surface area (Å²) in [5.74, 6) is 0.625. The van der Waals surface area contributed by atoms with Gasteiger partial charge in [-0.3, -0.25) is 14.7 Å². The molecule has 0 saturated carbocycles. The summed E-state index contributed by atoms with van der Waals surface area (Å²) >= 11 is 0. The van der Waals surface area contributed by atoms with E-state index in [0.717, 1.165) is 39.1 Å². The number of aromatic nitrogens is 2. The van der Waals surface area contributed by atoms with E-state index in [0.29, 0.717) is 11.5 Å². The van der Waals surface area contributed by atoms with E-state index in [4.69, 9.17) is 4.52 Å². The molecule has 116 valence electrons. The topological polar surface area (TPSA) is 62.5 Å². The largest absolute Gasteiger partial charge is 0.361 e. The molecule has 0 radical (unpaired) electrons. The van der Waals surface area contributed by atoms with Crippen molar-refractivity contribution in [3.63, 3.8) is 0 Å². The van der Waals surface area contributed by atoms with Crippen LogP contribution >= 0.6 is 0 Å². The van der Waals surface area contributed by atoms with Crippen molar-refractivity contribution in [2.45, 2.75) is 19.9 Å². The molecule has 0 atom stereocenters. The van der Waals surface area contributed by atoms with Crippen molar-refractivity contribution in [3.8, 4) is 0 Å². The van der Waals surface area contributed by atoms with E-state index in [-0.39, 0.29) is 5.91 Å². The number of rotatable bonds is 3. The lowest BCUT2D eigenvalue weighted by molar-refractivity contribution is 0.0750. The molecular formula is C16H20N4O2. The van der Waals surface area contributed by atoms with Crippen LogP contribution in [0.15, 0.2) is 35.1 Å². The van der Waals surface area contributed by atoms with Gasteiger partial charge in [0, 0.05) is 51.2 Å². The van der Waals surface area contributed by atoms with Gasteiger partial charge in [-0.1, -0.05) is 5.16 Å². The van der Waals surface area contributed by atoms with Gasteiger partial charge in [0.15, 0.2) is 5.69 Å². The third kappa shape index (κ3) is 3.51. The number of carbonyl (C=O) groups is 1. The van der Waals surface area contributed by atoms with Gasteiger partial charge >= 0.3 is 0 Å². The summed E-state index contributed by atoms with van der Waals surface area (Å²) in [6, 6.07) is 5.76. The molecule has 2 aromatic rings. The van der Waals surface area contributed by atoms with Crippen LogP contribution in [-0.2, 0) is 6.54 Å². The first-order chi connectivity index (χ1) is 10.7. The second-order valence-electron chi connectivity index (χ2n) is 5.60. The van der Waals surface area contributed by atoms with Crippen LogP contribution in [0.2, 0.25) is 0 Å². The Balaban J connectivity index is 1.59. The van der Waals surface area contributed by atoms with Crippen LogP contribution in [0.25, 0.3) is 0 Å². The molecule has 22 heavy (non-hydrogen) atoms. The van der Waals surface area contributed by atoms with Crippen LogP contribution in [0, 0.1) is 6.92 Å². The standard InChI is InChI=1S/C16H20N4O2/c1-13-11-15(18-22-13)16(21)20-8-2-7-19(9-10-20)12-14-3-5-17-6-4-14/h3-6,11H,2,7-10,12H2,1H3. The smallest absolute Gasteiger partial charge is 0.276 e. The molecule has 6 nitrogen and oxygen atoms in total. The Kier molecular flexibility index (Phi) is 4.48. The SMILES string of the molecule is Cc1cc(C(=O)N2CCCN(Cc3ccncc3)CC2)no1. The van der Waals surface area contributed by atoms with Crippen LogP contribution in [0.1, 0.15) is 28.2 Å². The van der Waals surface area contributed by atoms with Crippen molar-refractivity contribution >= 4 is 5.91 Å². The monoisotopic (exact) mass is 300 g/mol. The molecular weight excluding hydrogens is 280 g/mol. The maximum Gasteiger partial charge on any atom is 0.276 e. The van der Waals surface area contributed by atoms with Crippen molar-refractivity contribution in [2.75, 3.05) is 26.2 Å². The lowest BCUT2D eigenvalue weighted by Gasteiger charge is -2.21. The third-order valence-corrected chi connectivity index (χ3v) is 3.88. The Morgan fingerprint density at radius 1 is 1.23 bits per heavy atom. The van der Waals surface area contributed by atoms with Crippen LogP contribution in [0.4, 0.5) is 0 Å². The predicted molar refractivity (Wildman–Crippen MR) is 81.3 cm³/mol. The Hall–Kier alpha value is -2.21. The highest BCUT2D eigenvalue weighted by Crippen LogP contribution is 2.11. The summed E-state index contributed by atoms with van der Waals surface area (Å²) in [6.07, 6.45) is 4.60. The van der Waals surface area contributed by atoms with Crippen molar-refractivity contribution in [1.82, 2.24) is 19.9 Å². The Morgan fingerprint density at radius 2 is 2.05 bits per heavy atom. The van der Waals surface area contributed by atoms with Crippen molar-refractivity contribution in [2.24, 2.45) is 0 Å². The van der Waals surface area contributed by atoms with E-state index in [1.54, 1.807) is 13.0 Å². The Morgan fingerprint density at radius 3 is 2.77 bits per heavy atom. The van der Waals surface area contributed by atoms with E-state index < -0.39 is 0 Å². The summed E-state index contributed by atoms with van der Waals surface area (Å²) < 4.78 is 4.99. The van der Waals surface area contributed by atoms with Crippen LogP contribution in [-0.4, -0.2) is 52.0 Å². The molecule has 1 aliphatic rings. The van der Waals surface area contributed by atoms with E-state index in [2.05, 4.69) is 15.0 Å². The Bertz CT molecular complexity index is 626. The van der Waals surface area contributed by atoms with E-state index in [1.807, 2.05) is 29.4 Å². The molecule has 1 saturated heterocycles. The lowest BCUT2D eigenvalue weighted by atomic mass is 10.2. The fourth-order valence-electron chi connectivity index (χ4n) is 2.71. The minimum atomic E-state index is -0.0392. The van der Waals surface area contributed by atoms with Gasteiger partial charge < -0.3 is 9.42 Å². The first-order valence-electron chi connectivity index (χ1n) is 7.56. The number of nitrogens with zero attached hydrogens (tertiary/aromatic N) is 4. The summed E-state index contributed by atoms with van der Waals surface area (Å²) in [4.78, 5) is 20.7. The number of pyridine rings is 1. The minimum Gasteiger partial charge on any atom is -0.361 e. The maximum absolute atomic E-state index is 12.4. The van der Waals surface area contributed by atoms with Crippen LogP contribution in [0.3, 0.4) is 0 Å². The fraction of sp³-hybridized carbons (Fsp3) is 0.438. The normalized spacial score (nSPS) is 16.5. The summed E-state index contributed by atoms with van der Waals surface area (Å²) in [5.41, 5.74) is 1.65. The zero-order valence-corrected chi connectivity index (χ0v) is 12.7. The highest BCUT2D eigenvalue weighted by molar-refractivity contribution is 5.92. The molecule has 1 fully saturated rings. The second-order valence-corrected chi connectivity index (χ2v) is 5.60. The first-order valence-corrected chi connectivity index (χ1v) is 7.56. The summed E-state index contributed by atoms with van der Waals surface area (Å²) in [6.45, 7) is 6.03. The van der Waals surface area contributed by atoms with Crippen LogP contribution < -0.4 is 0 Å². The average molecular weight is 300 g/mol.